The van der Waals surface area contributed by atoms with Crippen molar-refractivity contribution in [3.05, 3.63) is 41.5 Å². The molecule has 1 heterocycles. The molecule has 0 unspecified atom stereocenters. The van der Waals surface area contributed by atoms with Gasteiger partial charge in [0.25, 0.3) is 0 Å². The Morgan fingerprint density at radius 3 is 2.45 bits per heavy atom. The highest BCUT2D eigenvalue weighted by Crippen LogP contribution is 2.51. The number of rotatable bonds is 7. The van der Waals surface area contributed by atoms with Crippen LogP contribution in [0.1, 0.15) is 57.9 Å². The average molecular weight is 441 g/mol. The van der Waals surface area contributed by atoms with Gasteiger partial charge in [0.1, 0.15) is 0 Å². The molecule has 3 nitrogen and oxygen atoms in total. The number of piperidine rings is 1. The molecular formula is C24H38Cl2N2O. The van der Waals surface area contributed by atoms with Gasteiger partial charge in [-0.3, -0.25) is 0 Å². The van der Waals surface area contributed by atoms with Crippen LogP contribution in [0.5, 0.6) is 0 Å². The number of hydrogen-bond donors (Lipinski definition) is 2. The van der Waals surface area contributed by atoms with Gasteiger partial charge in [0.05, 0.1) is 6.10 Å². The van der Waals surface area contributed by atoms with Crippen molar-refractivity contribution >= 4 is 30.9 Å². The number of β-amino-alcohol motifs (C(OH)–C–C–N with tert-alkyl or cyclic N) is 1. The van der Waals surface area contributed by atoms with Gasteiger partial charge in [-0.25, -0.2) is 0 Å². The molecule has 1 aliphatic heterocycles. The highest BCUT2D eigenvalue weighted by molar-refractivity contribution is 5.85. The molecular weight excluding hydrogens is 403 g/mol. The number of nitrogens with zero attached hydrogens (tertiary/aromatic N) is 1. The van der Waals surface area contributed by atoms with Gasteiger partial charge in [-0.2, -0.15) is 0 Å². The van der Waals surface area contributed by atoms with Gasteiger partial charge in [0.15, 0.2) is 0 Å². The van der Waals surface area contributed by atoms with Gasteiger partial charge in [-0.05, 0) is 75.4 Å². The SMILES string of the molecule is CC/C(=C\c1ccccc1)[C@@H]1C[C@H]1NC1CC2(CCN(C[C@@H](C)O)CC2)C1.Cl.Cl. The summed E-state index contributed by atoms with van der Waals surface area (Å²) >= 11 is 0. The minimum absolute atomic E-state index is 0. The van der Waals surface area contributed by atoms with E-state index in [4.69, 9.17) is 0 Å². The zero-order valence-corrected chi connectivity index (χ0v) is 19.5. The van der Waals surface area contributed by atoms with E-state index >= 15 is 0 Å². The molecule has 3 atom stereocenters. The zero-order chi connectivity index (χ0) is 18.9. The minimum atomic E-state index is -0.196. The summed E-state index contributed by atoms with van der Waals surface area (Å²) in [6, 6.07) is 12.2. The average Bonchev–Trinajstić information content (AvgIpc) is 3.39. The summed E-state index contributed by atoms with van der Waals surface area (Å²) < 4.78 is 0. The van der Waals surface area contributed by atoms with Crippen LogP contribution in [-0.4, -0.2) is 47.8 Å². The minimum Gasteiger partial charge on any atom is -0.392 e. The molecule has 1 aromatic rings. The first kappa shape index (κ1) is 24.7. The topological polar surface area (TPSA) is 35.5 Å². The Bertz CT molecular complexity index is 648. The second-order valence-corrected chi connectivity index (χ2v) is 9.35. The first-order valence-corrected chi connectivity index (χ1v) is 11.0. The summed E-state index contributed by atoms with van der Waals surface area (Å²) in [5, 5.41) is 13.5. The molecule has 2 saturated carbocycles. The largest absolute Gasteiger partial charge is 0.392 e. The summed E-state index contributed by atoms with van der Waals surface area (Å²) in [7, 11) is 0. The zero-order valence-electron chi connectivity index (χ0n) is 17.8. The molecule has 5 heteroatoms. The molecule has 0 amide bonds. The van der Waals surface area contributed by atoms with Crippen LogP contribution in [-0.2, 0) is 0 Å². The van der Waals surface area contributed by atoms with Gasteiger partial charge in [0, 0.05) is 18.6 Å². The van der Waals surface area contributed by atoms with Crippen LogP contribution >= 0.6 is 24.8 Å². The molecule has 4 rings (SSSR count). The number of benzene rings is 1. The molecule has 1 spiro atoms. The van der Waals surface area contributed by atoms with E-state index in [0.717, 1.165) is 24.9 Å². The van der Waals surface area contributed by atoms with Crippen molar-refractivity contribution < 1.29 is 5.11 Å². The van der Waals surface area contributed by atoms with E-state index < -0.39 is 0 Å². The summed E-state index contributed by atoms with van der Waals surface area (Å²) in [5.74, 6) is 0.750. The van der Waals surface area contributed by atoms with Crippen LogP contribution < -0.4 is 5.32 Å². The van der Waals surface area contributed by atoms with Crippen molar-refractivity contribution in [3.63, 3.8) is 0 Å². The summed E-state index contributed by atoms with van der Waals surface area (Å²) in [4.78, 5) is 2.44. The Hall–Kier alpha value is -0.580. The van der Waals surface area contributed by atoms with Crippen molar-refractivity contribution in [2.75, 3.05) is 19.6 Å². The van der Waals surface area contributed by atoms with E-state index in [2.05, 4.69) is 53.5 Å². The van der Waals surface area contributed by atoms with Crippen molar-refractivity contribution in [2.45, 2.75) is 70.6 Å². The smallest absolute Gasteiger partial charge is 0.0639 e. The highest BCUT2D eigenvalue weighted by atomic mass is 35.5. The Kier molecular flexibility index (Phi) is 9.05. The predicted molar refractivity (Wildman–Crippen MR) is 127 cm³/mol. The van der Waals surface area contributed by atoms with Crippen LogP contribution in [0.15, 0.2) is 35.9 Å². The maximum atomic E-state index is 9.58. The second-order valence-electron chi connectivity index (χ2n) is 9.35. The molecule has 2 N–H and O–H groups in total. The Morgan fingerprint density at radius 2 is 1.86 bits per heavy atom. The monoisotopic (exact) mass is 440 g/mol. The van der Waals surface area contributed by atoms with Gasteiger partial charge < -0.3 is 15.3 Å². The Balaban J connectivity index is 0.00000150. The number of nitrogens with one attached hydrogen (secondary N) is 1. The van der Waals surface area contributed by atoms with Crippen molar-refractivity contribution in [2.24, 2.45) is 11.3 Å². The molecule has 1 aromatic carbocycles. The molecule has 2 aliphatic carbocycles. The van der Waals surface area contributed by atoms with Gasteiger partial charge in [-0.15, -0.1) is 24.8 Å². The lowest BCUT2D eigenvalue weighted by Gasteiger charge is -2.53. The van der Waals surface area contributed by atoms with Crippen LogP contribution in [0.3, 0.4) is 0 Å². The molecule has 3 aliphatic rings. The van der Waals surface area contributed by atoms with E-state index in [1.807, 2.05) is 6.92 Å². The third kappa shape index (κ3) is 6.21. The van der Waals surface area contributed by atoms with E-state index in [1.165, 1.54) is 50.8 Å². The molecule has 0 bridgehead atoms. The summed E-state index contributed by atoms with van der Waals surface area (Å²) in [6.45, 7) is 7.38. The van der Waals surface area contributed by atoms with Gasteiger partial charge in [0.2, 0.25) is 0 Å². The number of halogens is 2. The van der Waals surface area contributed by atoms with Gasteiger partial charge in [-0.1, -0.05) is 48.9 Å². The molecule has 1 saturated heterocycles. The Labute approximate surface area is 189 Å². The van der Waals surface area contributed by atoms with E-state index in [9.17, 15) is 5.11 Å². The molecule has 29 heavy (non-hydrogen) atoms. The normalized spacial score (nSPS) is 27.5. The highest BCUT2D eigenvalue weighted by Gasteiger charge is 2.49. The molecule has 164 valence electrons. The molecule has 3 fully saturated rings. The first-order chi connectivity index (χ1) is 13.1. The van der Waals surface area contributed by atoms with Crippen LogP contribution in [0.4, 0.5) is 0 Å². The lowest BCUT2D eigenvalue weighted by Crippen LogP contribution is -2.54. The quantitative estimate of drug-likeness (QED) is 0.630. The number of hydrogen-bond acceptors (Lipinski definition) is 3. The summed E-state index contributed by atoms with van der Waals surface area (Å²) in [5.41, 5.74) is 3.55. The van der Waals surface area contributed by atoms with Crippen molar-refractivity contribution in [3.8, 4) is 0 Å². The maximum absolute atomic E-state index is 9.58. The number of likely N-dealkylation sites (tertiary alicyclic amines) is 1. The fourth-order valence-electron chi connectivity index (χ4n) is 5.42. The second kappa shape index (κ2) is 10.6. The van der Waals surface area contributed by atoms with Crippen LogP contribution in [0.2, 0.25) is 0 Å². The molecule has 0 radical (unpaired) electrons. The fraction of sp³-hybridized carbons (Fsp3) is 0.667. The summed E-state index contributed by atoms with van der Waals surface area (Å²) in [6.07, 6.45) is 10.1. The Morgan fingerprint density at radius 1 is 1.21 bits per heavy atom. The van der Waals surface area contributed by atoms with Crippen LogP contribution in [0, 0.1) is 11.3 Å². The lowest BCUT2D eigenvalue weighted by molar-refractivity contribution is -0.00555. The van der Waals surface area contributed by atoms with Crippen LogP contribution in [0.25, 0.3) is 6.08 Å². The molecule has 0 aromatic heterocycles. The third-order valence-corrected chi connectivity index (χ3v) is 7.07. The lowest BCUT2D eigenvalue weighted by atomic mass is 9.60. The van der Waals surface area contributed by atoms with Crippen molar-refractivity contribution in [1.82, 2.24) is 10.2 Å². The standard InChI is InChI=1S/C24H36N2O.2ClH/c1-3-20(13-19-7-5-4-6-8-19)22-14-23(22)25-21-15-24(16-21)9-11-26(12-10-24)17-18(2)27;;/h4-8,13,18,21-23,25,27H,3,9-12,14-17H2,1-2H3;2*1H/b20-13+;;/t18-,22+,23-;;/m1../s1. The van der Waals surface area contributed by atoms with E-state index in [1.54, 1.807) is 5.57 Å². The maximum Gasteiger partial charge on any atom is 0.0639 e. The number of aliphatic hydroxyl groups excluding tert-OH is 1. The van der Waals surface area contributed by atoms with Gasteiger partial charge >= 0.3 is 0 Å². The van der Waals surface area contributed by atoms with E-state index in [0.29, 0.717) is 11.5 Å². The fourth-order valence-corrected chi connectivity index (χ4v) is 5.42. The number of aliphatic hydroxyl groups is 1. The predicted octanol–water partition coefficient (Wildman–Crippen LogP) is 4.93. The third-order valence-electron chi connectivity index (χ3n) is 7.07. The van der Waals surface area contributed by atoms with E-state index in [-0.39, 0.29) is 30.9 Å². The first-order valence-electron chi connectivity index (χ1n) is 11.0. The van der Waals surface area contributed by atoms with Crippen molar-refractivity contribution in [1.29, 1.82) is 0 Å².